The van der Waals surface area contributed by atoms with Gasteiger partial charge in [0.05, 0.1) is 12.0 Å². The van der Waals surface area contributed by atoms with E-state index in [1.807, 2.05) is 0 Å². The SMILES string of the molecule is NC(=O)COCCNC(=O)C1(c2cccc(F)c2)CCC1. The average Bonchev–Trinajstić information content (AvgIpc) is 2.36. The highest BCUT2D eigenvalue weighted by Gasteiger charge is 2.45. The van der Waals surface area contributed by atoms with Crippen molar-refractivity contribution in [1.82, 2.24) is 5.32 Å². The Hall–Kier alpha value is -1.95. The van der Waals surface area contributed by atoms with Crippen LogP contribution in [0.25, 0.3) is 0 Å². The van der Waals surface area contributed by atoms with Gasteiger partial charge in [-0.3, -0.25) is 9.59 Å². The highest BCUT2D eigenvalue weighted by molar-refractivity contribution is 5.89. The van der Waals surface area contributed by atoms with E-state index in [2.05, 4.69) is 5.32 Å². The lowest BCUT2D eigenvalue weighted by atomic mass is 9.64. The van der Waals surface area contributed by atoms with E-state index in [-0.39, 0.29) is 24.9 Å². The maximum atomic E-state index is 13.4. The van der Waals surface area contributed by atoms with Crippen LogP contribution in [0.15, 0.2) is 24.3 Å². The first-order chi connectivity index (χ1) is 10.0. The molecule has 6 heteroatoms. The van der Waals surface area contributed by atoms with Gasteiger partial charge in [-0.25, -0.2) is 4.39 Å². The smallest absolute Gasteiger partial charge is 0.243 e. The number of rotatable bonds is 7. The first-order valence-electron chi connectivity index (χ1n) is 6.95. The molecule has 114 valence electrons. The number of halogens is 1. The van der Waals surface area contributed by atoms with Crippen LogP contribution in [0.2, 0.25) is 0 Å². The van der Waals surface area contributed by atoms with Gasteiger partial charge in [0.25, 0.3) is 0 Å². The minimum atomic E-state index is -0.633. The molecule has 5 nitrogen and oxygen atoms in total. The number of primary amides is 1. The molecular weight excluding hydrogens is 275 g/mol. The van der Waals surface area contributed by atoms with E-state index in [0.717, 1.165) is 6.42 Å². The van der Waals surface area contributed by atoms with Crippen molar-refractivity contribution < 1.29 is 18.7 Å². The second-order valence-corrected chi connectivity index (χ2v) is 5.22. The van der Waals surface area contributed by atoms with Gasteiger partial charge in [0, 0.05) is 6.54 Å². The van der Waals surface area contributed by atoms with Crippen LogP contribution in [0, 0.1) is 5.82 Å². The van der Waals surface area contributed by atoms with Crippen molar-refractivity contribution in [2.75, 3.05) is 19.8 Å². The number of nitrogens with two attached hydrogens (primary N) is 1. The van der Waals surface area contributed by atoms with Crippen LogP contribution in [-0.4, -0.2) is 31.6 Å². The average molecular weight is 294 g/mol. The standard InChI is InChI=1S/C15H19FN2O3/c16-12-4-1-3-11(9-12)15(5-2-6-15)14(20)18-7-8-21-10-13(17)19/h1,3-4,9H,2,5-8,10H2,(H2,17,19)(H,18,20). The lowest BCUT2D eigenvalue weighted by molar-refractivity contribution is -0.130. The molecule has 1 aliphatic carbocycles. The zero-order valence-corrected chi connectivity index (χ0v) is 11.7. The van der Waals surface area contributed by atoms with Gasteiger partial charge in [0.15, 0.2) is 0 Å². The maximum Gasteiger partial charge on any atom is 0.243 e. The van der Waals surface area contributed by atoms with Gasteiger partial charge >= 0.3 is 0 Å². The Morgan fingerprint density at radius 1 is 1.38 bits per heavy atom. The van der Waals surface area contributed by atoms with Gasteiger partial charge in [-0.15, -0.1) is 0 Å². The largest absolute Gasteiger partial charge is 0.370 e. The summed E-state index contributed by atoms with van der Waals surface area (Å²) in [5.74, 6) is -1.00. The molecule has 0 aromatic heterocycles. The quantitative estimate of drug-likeness (QED) is 0.732. The number of hydrogen-bond donors (Lipinski definition) is 2. The Bertz CT molecular complexity index is 529. The molecule has 0 radical (unpaired) electrons. The molecule has 2 rings (SSSR count). The summed E-state index contributed by atoms with van der Waals surface area (Å²) in [5.41, 5.74) is 5.02. The van der Waals surface area contributed by atoms with Crippen molar-refractivity contribution >= 4 is 11.8 Å². The van der Waals surface area contributed by atoms with Crippen LogP contribution < -0.4 is 11.1 Å². The molecule has 0 saturated heterocycles. The minimum Gasteiger partial charge on any atom is -0.370 e. The Morgan fingerprint density at radius 2 is 2.14 bits per heavy atom. The first kappa shape index (κ1) is 15.4. The molecule has 1 aromatic carbocycles. The molecular formula is C15H19FN2O3. The van der Waals surface area contributed by atoms with Crippen LogP contribution in [0.1, 0.15) is 24.8 Å². The molecule has 1 fully saturated rings. The van der Waals surface area contributed by atoms with Gasteiger partial charge < -0.3 is 15.8 Å². The Morgan fingerprint density at radius 3 is 2.71 bits per heavy atom. The number of amides is 2. The number of benzene rings is 1. The summed E-state index contributed by atoms with van der Waals surface area (Å²) in [5, 5.41) is 2.78. The summed E-state index contributed by atoms with van der Waals surface area (Å²) in [6, 6.07) is 6.19. The summed E-state index contributed by atoms with van der Waals surface area (Å²) >= 11 is 0. The molecule has 1 aromatic rings. The fourth-order valence-corrected chi connectivity index (χ4v) is 2.54. The maximum absolute atomic E-state index is 13.4. The minimum absolute atomic E-state index is 0.123. The van der Waals surface area contributed by atoms with E-state index in [9.17, 15) is 14.0 Å². The van der Waals surface area contributed by atoms with E-state index < -0.39 is 11.3 Å². The normalized spacial score (nSPS) is 16.0. The van der Waals surface area contributed by atoms with E-state index in [4.69, 9.17) is 10.5 Å². The summed E-state index contributed by atoms with van der Waals surface area (Å²) in [6.45, 7) is 0.349. The number of nitrogens with one attached hydrogen (secondary N) is 1. The third-order valence-electron chi connectivity index (χ3n) is 3.80. The van der Waals surface area contributed by atoms with Crippen molar-refractivity contribution in [1.29, 1.82) is 0 Å². The van der Waals surface area contributed by atoms with Crippen molar-refractivity contribution in [2.24, 2.45) is 5.73 Å². The zero-order chi connectivity index (χ0) is 15.3. The highest BCUT2D eigenvalue weighted by atomic mass is 19.1. The zero-order valence-electron chi connectivity index (χ0n) is 11.7. The summed E-state index contributed by atoms with van der Waals surface area (Å²) < 4.78 is 18.3. The molecule has 0 bridgehead atoms. The van der Waals surface area contributed by atoms with E-state index >= 15 is 0 Å². The van der Waals surface area contributed by atoms with E-state index in [1.54, 1.807) is 12.1 Å². The predicted molar refractivity (Wildman–Crippen MR) is 75.0 cm³/mol. The van der Waals surface area contributed by atoms with Crippen LogP contribution >= 0.6 is 0 Å². The molecule has 0 heterocycles. The predicted octanol–water partition coefficient (Wildman–Crippen LogP) is 0.866. The second kappa shape index (κ2) is 6.67. The molecule has 0 spiro atoms. The third-order valence-corrected chi connectivity index (χ3v) is 3.80. The Balaban J connectivity index is 1.91. The number of carbonyl (C=O) groups excluding carboxylic acids is 2. The summed E-state index contributed by atoms with van der Waals surface area (Å²) in [4.78, 5) is 22.9. The molecule has 0 aliphatic heterocycles. The summed E-state index contributed by atoms with van der Waals surface area (Å²) in [7, 11) is 0. The molecule has 1 saturated carbocycles. The number of ether oxygens (including phenoxy) is 1. The first-order valence-corrected chi connectivity index (χ1v) is 6.95. The van der Waals surface area contributed by atoms with Crippen molar-refractivity contribution in [3.8, 4) is 0 Å². The van der Waals surface area contributed by atoms with Crippen molar-refractivity contribution in [2.45, 2.75) is 24.7 Å². The van der Waals surface area contributed by atoms with Gasteiger partial charge in [-0.1, -0.05) is 18.6 Å². The van der Waals surface area contributed by atoms with E-state index in [1.165, 1.54) is 12.1 Å². The third kappa shape index (κ3) is 3.58. The van der Waals surface area contributed by atoms with Gasteiger partial charge in [-0.05, 0) is 30.5 Å². The monoisotopic (exact) mass is 294 g/mol. The molecule has 0 unspecified atom stereocenters. The van der Waals surface area contributed by atoms with Gasteiger partial charge in [0.1, 0.15) is 12.4 Å². The fourth-order valence-electron chi connectivity index (χ4n) is 2.54. The Kier molecular flexibility index (Phi) is 4.90. The molecule has 3 N–H and O–H groups in total. The van der Waals surface area contributed by atoms with Crippen molar-refractivity contribution in [3.63, 3.8) is 0 Å². The highest BCUT2D eigenvalue weighted by Crippen LogP contribution is 2.44. The fraction of sp³-hybridized carbons (Fsp3) is 0.467. The lowest BCUT2D eigenvalue weighted by Gasteiger charge is -2.40. The van der Waals surface area contributed by atoms with Gasteiger partial charge in [0.2, 0.25) is 11.8 Å². The summed E-state index contributed by atoms with van der Waals surface area (Å²) in [6.07, 6.45) is 2.37. The molecule has 2 amide bonds. The second-order valence-electron chi connectivity index (χ2n) is 5.22. The van der Waals surface area contributed by atoms with Crippen LogP contribution in [0.4, 0.5) is 4.39 Å². The van der Waals surface area contributed by atoms with E-state index in [0.29, 0.717) is 24.9 Å². The molecule has 21 heavy (non-hydrogen) atoms. The lowest BCUT2D eigenvalue weighted by Crippen LogP contribution is -2.50. The number of hydrogen-bond acceptors (Lipinski definition) is 3. The number of carbonyl (C=O) groups is 2. The molecule has 1 aliphatic rings. The van der Waals surface area contributed by atoms with Crippen LogP contribution in [0.3, 0.4) is 0 Å². The Labute approximate surface area is 122 Å². The van der Waals surface area contributed by atoms with Crippen molar-refractivity contribution in [3.05, 3.63) is 35.6 Å². The topological polar surface area (TPSA) is 81.4 Å². The molecule has 0 atom stereocenters. The van der Waals surface area contributed by atoms with Crippen LogP contribution in [-0.2, 0) is 19.7 Å². The van der Waals surface area contributed by atoms with Crippen LogP contribution in [0.5, 0.6) is 0 Å². The van der Waals surface area contributed by atoms with Gasteiger partial charge in [-0.2, -0.15) is 0 Å².